The molecule has 1 rings (SSSR count). The zero-order chi connectivity index (χ0) is 63.1. The van der Waals surface area contributed by atoms with Crippen molar-refractivity contribution in [3.63, 3.8) is 0 Å². The third-order valence-corrected chi connectivity index (χ3v) is 16.5. The molecule has 1 saturated heterocycles. The van der Waals surface area contributed by atoms with Crippen LogP contribution in [0.15, 0.2) is 97.2 Å². The van der Waals surface area contributed by atoms with Gasteiger partial charge in [0.05, 0.1) is 25.4 Å². The van der Waals surface area contributed by atoms with Crippen molar-refractivity contribution in [1.29, 1.82) is 0 Å². The molecule has 0 aromatic rings. The maximum Gasteiger partial charge on any atom is 0.306 e. The molecule has 0 bridgehead atoms. The molecule has 0 aromatic heterocycles. The molecule has 502 valence electrons. The first-order valence-corrected chi connectivity index (χ1v) is 36.0. The highest BCUT2D eigenvalue weighted by atomic mass is 16.7. The predicted molar refractivity (Wildman–Crippen MR) is 365 cm³/mol. The predicted octanol–water partition coefficient (Wildman–Crippen LogP) is 18.6. The van der Waals surface area contributed by atoms with Crippen LogP contribution >= 0.6 is 0 Å². The van der Waals surface area contributed by atoms with Gasteiger partial charge in [-0.05, 0) is 103 Å². The largest absolute Gasteiger partial charge is 0.454 e. The Morgan fingerprint density at radius 3 is 1.26 bits per heavy atom. The van der Waals surface area contributed by atoms with Gasteiger partial charge in [0.25, 0.3) is 0 Å². The Hall–Kier alpha value is -3.42. The van der Waals surface area contributed by atoms with Crippen molar-refractivity contribution in [3.8, 4) is 0 Å². The second-order valence-electron chi connectivity index (χ2n) is 24.6. The van der Waals surface area contributed by atoms with Crippen molar-refractivity contribution >= 4 is 11.9 Å². The van der Waals surface area contributed by atoms with E-state index in [0.29, 0.717) is 12.8 Å². The minimum Gasteiger partial charge on any atom is -0.454 e. The molecule has 1 heterocycles. The van der Waals surface area contributed by atoms with Gasteiger partial charge in [-0.1, -0.05) is 298 Å². The smallest absolute Gasteiger partial charge is 0.306 e. The summed E-state index contributed by atoms with van der Waals surface area (Å²) in [7, 11) is 0. The van der Waals surface area contributed by atoms with E-state index in [2.05, 4.69) is 111 Å². The normalized spacial score (nSPS) is 18.8. The summed E-state index contributed by atoms with van der Waals surface area (Å²) in [5, 5.41) is 57.2. The van der Waals surface area contributed by atoms with E-state index in [1.807, 2.05) is 6.08 Å². The summed E-state index contributed by atoms with van der Waals surface area (Å²) in [6.07, 6.45) is 74.5. The van der Waals surface area contributed by atoms with Crippen LogP contribution in [0.25, 0.3) is 0 Å². The Bertz CT molecular complexity index is 1790. The number of allylic oxidation sites excluding steroid dienone is 15. The molecule has 1 fully saturated rings. The fourth-order valence-corrected chi connectivity index (χ4v) is 10.8. The van der Waals surface area contributed by atoms with E-state index >= 15 is 0 Å². The van der Waals surface area contributed by atoms with Crippen LogP contribution in [0.4, 0.5) is 0 Å². The molecule has 11 nitrogen and oxygen atoms in total. The highest BCUT2D eigenvalue weighted by Crippen LogP contribution is 2.26. The van der Waals surface area contributed by atoms with Crippen LogP contribution in [-0.2, 0) is 23.8 Å². The fourth-order valence-electron chi connectivity index (χ4n) is 10.8. The molecule has 8 unspecified atom stereocenters. The third-order valence-electron chi connectivity index (χ3n) is 16.5. The van der Waals surface area contributed by atoms with Crippen LogP contribution in [0.2, 0.25) is 0 Å². The number of unbranched alkanes of at least 4 members (excludes halogenated alkanes) is 33. The molecule has 8 atom stereocenters. The number of hydrogen-bond acceptors (Lipinski definition) is 10. The van der Waals surface area contributed by atoms with Crippen LogP contribution in [0.5, 0.6) is 0 Å². The number of hydrogen-bond donors (Lipinski definition) is 6. The average Bonchev–Trinajstić information content (AvgIpc) is 1.30. The molecule has 1 aliphatic rings. The number of esters is 1. The zero-order valence-corrected chi connectivity index (χ0v) is 55.9. The SMILES string of the molecule is CC/C=C\C/C=C\C/C=C\C/C=C\C/C=C\CCCCCCCCC(O)C(=O)NC(COC1OC(CO)C(O)C(O)C1OC(=O)CCCCCCCCCCCCCCCCC/C=C\C/C=C\CCCCC)C(O)/C=C/CCCCCCCCCCC. The molecule has 1 aliphatic heterocycles. The summed E-state index contributed by atoms with van der Waals surface area (Å²) in [4.78, 5) is 26.7. The van der Waals surface area contributed by atoms with Crippen LogP contribution in [-0.4, -0.2) is 99.6 Å². The maximum absolute atomic E-state index is 13.5. The van der Waals surface area contributed by atoms with E-state index < -0.39 is 67.4 Å². The van der Waals surface area contributed by atoms with Crippen LogP contribution in [0, 0.1) is 0 Å². The van der Waals surface area contributed by atoms with Gasteiger partial charge >= 0.3 is 5.97 Å². The second-order valence-corrected chi connectivity index (χ2v) is 24.6. The summed E-state index contributed by atoms with van der Waals surface area (Å²) in [6, 6.07) is -1.04. The zero-order valence-electron chi connectivity index (χ0n) is 55.9. The quantitative estimate of drug-likeness (QED) is 0.0195. The summed E-state index contributed by atoms with van der Waals surface area (Å²) >= 11 is 0. The van der Waals surface area contributed by atoms with Crippen molar-refractivity contribution in [3.05, 3.63) is 97.2 Å². The second kappa shape index (κ2) is 62.8. The average molecular weight is 1220 g/mol. The number of carbonyl (C=O) groups excluding carboxylic acids is 2. The van der Waals surface area contributed by atoms with Gasteiger partial charge in [-0.2, -0.15) is 0 Å². The molecular weight excluding hydrogens is 1090 g/mol. The van der Waals surface area contributed by atoms with Gasteiger partial charge in [0.2, 0.25) is 5.91 Å². The number of nitrogens with one attached hydrogen (secondary N) is 1. The van der Waals surface area contributed by atoms with E-state index in [-0.39, 0.29) is 19.4 Å². The van der Waals surface area contributed by atoms with E-state index in [4.69, 9.17) is 14.2 Å². The number of carbonyl (C=O) groups is 2. The Balaban J connectivity index is 2.55. The first-order chi connectivity index (χ1) is 42.7. The molecule has 0 aromatic carbocycles. The van der Waals surface area contributed by atoms with Gasteiger partial charge in [0.15, 0.2) is 12.4 Å². The number of ether oxygens (including phenoxy) is 3. The van der Waals surface area contributed by atoms with Gasteiger partial charge in [-0.15, -0.1) is 0 Å². The standard InChI is InChI=1S/C76H133NO10/c1-4-7-10-13-16-19-22-24-26-28-30-32-34-35-36-38-40-42-44-46-49-52-55-58-61-64-71(81)87-74-73(83)72(82)70(65-78)86-76(74)85-66-67(68(79)62-59-56-53-50-47-21-18-15-12-9-6-3)77-75(84)69(80)63-60-57-54-51-48-45-43-41-39-37-33-31-29-27-25-23-20-17-14-11-8-5-2/h8,11,16-17,19-20,24-27,31,33,39,41,59,62,67-70,72-74,76,78-80,82-83H,4-7,9-10,12-15,18,21-23,28-30,32,34-38,40,42-58,60-61,63-66H2,1-3H3,(H,77,84)/b11-8-,19-16-,20-17-,26-24-,27-25-,33-31-,41-39-,62-59+. The van der Waals surface area contributed by atoms with Gasteiger partial charge < -0.3 is 45.1 Å². The third kappa shape index (κ3) is 50.0. The van der Waals surface area contributed by atoms with Gasteiger partial charge in [0, 0.05) is 6.42 Å². The van der Waals surface area contributed by atoms with Crippen molar-refractivity contribution in [2.24, 2.45) is 0 Å². The van der Waals surface area contributed by atoms with Crippen LogP contribution in [0.1, 0.15) is 310 Å². The lowest BCUT2D eigenvalue weighted by Crippen LogP contribution is -2.61. The molecule has 0 spiro atoms. The lowest BCUT2D eigenvalue weighted by Gasteiger charge is -2.41. The van der Waals surface area contributed by atoms with E-state index in [0.717, 1.165) is 116 Å². The first-order valence-electron chi connectivity index (χ1n) is 36.0. The highest BCUT2D eigenvalue weighted by molar-refractivity contribution is 5.80. The first kappa shape index (κ1) is 81.6. The number of aliphatic hydroxyl groups excluding tert-OH is 5. The summed E-state index contributed by atoms with van der Waals surface area (Å²) < 4.78 is 17.7. The number of amides is 1. The van der Waals surface area contributed by atoms with Crippen LogP contribution in [0.3, 0.4) is 0 Å². The van der Waals surface area contributed by atoms with E-state index in [1.165, 1.54) is 148 Å². The summed E-state index contributed by atoms with van der Waals surface area (Å²) in [5.41, 5.74) is 0. The summed E-state index contributed by atoms with van der Waals surface area (Å²) in [6.45, 7) is 5.66. The maximum atomic E-state index is 13.5. The number of rotatable bonds is 61. The van der Waals surface area contributed by atoms with Gasteiger partial charge in [-0.3, -0.25) is 9.59 Å². The topological polar surface area (TPSA) is 175 Å². The summed E-state index contributed by atoms with van der Waals surface area (Å²) in [5.74, 6) is -1.20. The molecule has 87 heavy (non-hydrogen) atoms. The van der Waals surface area contributed by atoms with Crippen LogP contribution < -0.4 is 5.32 Å². The Labute approximate surface area is 533 Å². The fraction of sp³-hybridized carbons (Fsp3) is 0.763. The Morgan fingerprint density at radius 1 is 0.460 bits per heavy atom. The highest BCUT2D eigenvalue weighted by Gasteiger charge is 2.47. The molecule has 0 aliphatic carbocycles. The van der Waals surface area contributed by atoms with Crippen molar-refractivity contribution in [2.75, 3.05) is 13.2 Å². The molecule has 0 radical (unpaired) electrons. The van der Waals surface area contributed by atoms with Crippen molar-refractivity contribution < 1.29 is 49.3 Å². The molecular formula is C76H133NO10. The van der Waals surface area contributed by atoms with Gasteiger partial charge in [-0.25, -0.2) is 0 Å². The monoisotopic (exact) mass is 1220 g/mol. The molecule has 6 N–H and O–H groups in total. The molecule has 0 saturated carbocycles. The van der Waals surface area contributed by atoms with E-state index in [9.17, 15) is 35.1 Å². The van der Waals surface area contributed by atoms with Gasteiger partial charge in [0.1, 0.15) is 24.4 Å². The minimum atomic E-state index is -1.62. The Kier molecular flexibility index (Phi) is 58.9. The Morgan fingerprint density at radius 2 is 0.828 bits per heavy atom. The van der Waals surface area contributed by atoms with Crippen molar-refractivity contribution in [2.45, 2.75) is 359 Å². The number of aliphatic hydroxyl groups is 5. The minimum absolute atomic E-state index is 0.120. The van der Waals surface area contributed by atoms with Crippen molar-refractivity contribution in [1.82, 2.24) is 5.32 Å². The lowest BCUT2D eigenvalue weighted by atomic mass is 9.99. The lowest BCUT2D eigenvalue weighted by molar-refractivity contribution is -0.305. The molecule has 1 amide bonds. The molecule has 11 heteroatoms. The van der Waals surface area contributed by atoms with E-state index in [1.54, 1.807) is 6.08 Å².